The third-order valence-corrected chi connectivity index (χ3v) is 6.91. The van der Waals surface area contributed by atoms with Crippen molar-refractivity contribution in [2.45, 2.75) is 118 Å². The average Bonchev–Trinajstić information content (AvgIpc) is 2.87. The van der Waals surface area contributed by atoms with Crippen LogP contribution in [-0.2, 0) is 19.1 Å². The van der Waals surface area contributed by atoms with Crippen molar-refractivity contribution in [1.82, 2.24) is 0 Å². The number of rotatable bonds is 11. The van der Waals surface area contributed by atoms with Gasteiger partial charge in [0.2, 0.25) is 0 Å². The zero-order valence-electron chi connectivity index (χ0n) is 26.0. The summed E-state index contributed by atoms with van der Waals surface area (Å²) in [6, 6.07) is 0. The zero-order chi connectivity index (χ0) is 30.9. The summed E-state index contributed by atoms with van der Waals surface area (Å²) in [6.07, 6.45) is 16.3. The lowest BCUT2D eigenvalue weighted by atomic mass is 9.94. The molecule has 0 saturated carbocycles. The molecule has 0 spiro atoms. The number of carbonyl (C=O) groups is 2. The quantitative estimate of drug-likeness (QED) is 0.119. The molecule has 1 aliphatic rings. The number of aliphatic hydroxyl groups excluding tert-OH is 3. The van der Waals surface area contributed by atoms with Crippen LogP contribution < -0.4 is 0 Å². The molecule has 1 rings (SSSR count). The van der Waals surface area contributed by atoms with E-state index in [4.69, 9.17) is 9.47 Å². The van der Waals surface area contributed by atoms with Gasteiger partial charge in [0, 0.05) is 25.3 Å². The molecule has 0 aromatic heterocycles. The van der Waals surface area contributed by atoms with E-state index in [1.807, 2.05) is 45.1 Å². The fraction of sp³-hybridized carbons (Fsp3) is 0.588. The molecule has 1 heterocycles. The van der Waals surface area contributed by atoms with Gasteiger partial charge >= 0.3 is 11.9 Å². The summed E-state index contributed by atoms with van der Waals surface area (Å²) in [5.41, 5.74) is 2.62. The summed E-state index contributed by atoms with van der Waals surface area (Å²) < 4.78 is 11.4. The Morgan fingerprint density at radius 1 is 1.02 bits per heavy atom. The third kappa shape index (κ3) is 16.3. The minimum Gasteiger partial charge on any atom is -0.462 e. The molecule has 7 nitrogen and oxygen atoms in total. The molecule has 0 saturated heterocycles. The summed E-state index contributed by atoms with van der Waals surface area (Å²) in [7, 11) is 0. The Balaban J connectivity index is 2.73. The molecule has 3 N–H and O–H groups in total. The second-order valence-corrected chi connectivity index (χ2v) is 11.6. The summed E-state index contributed by atoms with van der Waals surface area (Å²) in [6.45, 7) is 13.4. The maximum atomic E-state index is 12.6. The van der Waals surface area contributed by atoms with E-state index in [9.17, 15) is 24.9 Å². The molecule has 1 aliphatic heterocycles. The summed E-state index contributed by atoms with van der Waals surface area (Å²) >= 11 is 0. The highest BCUT2D eigenvalue weighted by molar-refractivity contribution is 5.82. The van der Waals surface area contributed by atoms with E-state index in [0.717, 1.165) is 23.1 Å². The molecule has 41 heavy (non-hydrogen) atoms. The highest BCUT2D eigenvalue weighted by Crippen LogP contribution is 2.22. The van der Waals surface area contributed by atoms with Crippen LogP contribution in [0.4, 0.5) is 0 Å². The number of ether oxygens (including phenoxy) is 2. The maximum Gasteiger partial charge on any atom is 0.331 e. The van der Waals surface area contributed by atoms with Crippen molar-refractivity contribution in [2.24, 2.45) is 11.8 Å². The Bertz CT molecular complexity index is 997. The Labute approximate surface area is 247 Å². The lowest BCUT2D eigenvalue weighted by Crippen LogP contribution is -2.27. The lowest BCUT2D eigenvalue weighted by molar-refractivity contribution is -0.151. The van der Waals surface area contributed by atoms with Crippen LogP contribution in [0.2, 0.25) is 0 Å². The third-order valence-electron chi connectivity index (χ3n) is 6.91. The SMILES string of the molecule is CC(=CC=CC(C)=C[C@H](O)[C@@H](O)C[C@@H](C)O)C=C(C)C=CC(=O)O[C@H]1CCCC(=O)O[C@@H](C(C)C)CC=CC[C@@H]1C. The van der Waals surface area contributed by atoms with Crippen LogP contribution in [0.5, 0.6) is 0 Å². The average molecular weight is 573 g/mol. The summed E-state index contributed by atoms with van der Waals surface area (Å²) in [5.74, 6) is -0.228. The molecule has 0 aromatic rings. The molecule has 0 radical (unpaired) electrons. The molecule has 7 heteroatoms. The molecule has 6 atom stereocenters. The van der Waals surface area contributed by atoms with Crippen molar-refractivity contribution in [3.05, 3.63) is 71.4 Å². The van der Waals surface area contributed by atoms with Gasteiger partial charge in [-0.25, -0.2) is 4.79 Å². The molecule has 0 aliphatic carbocycles. The fourth-order valence-corrected chi connectivity index (χ4v) is 4.40. The van der Waals surface area contributed by atoms with E-state index < -0.39 is 24.3 Å². The van der Waals surface area contributed by atoms with Gasteiger partial charge in [0.1, 0.15) is 12.2 Å². The van der Waals surface area contributed by atoms with E-state index in [1.54, 1.807) is 19.1 Å². The van der Waals surface area contributed by atoms with Crippen LogP contribution in [0.1, 0.15) is 87.0 Å². The van der Waals surface area contributed by atoms with E-state index >= 15 is 0 Å². The molecular weight excluding hydrogens is 520 g/mol. The van der Waals surface area contributed by atoms with Gasteiger partial charge in [0.25, 0.3) is 0 Å². The first-order valence-corrected chi connectivity index (χ1v) is 14.8. The van der Waals surface area contributed by atoms with Gasteiger partial charge in [-0.05, 0) is 58.8 Å². The predicted octanol–water partition coefficient (Wildman–Crippen LogP) is 6.07. The van der Waals surface area contributed by atoms with Crippen molar-refractivity contribution >= 4 is 11.9 Å². The van der Waals surface area contributed by atoms with Gasteiger partial charge in [0.15, 0.2) is 0 Å². The van der Waals surface area contributed by atoms with Gasteiger partial charge in [-0.1, -0.05) is 86.1 Å². The topological polar surface area (TPSA) is 113 Å². The van der Waals surface area contributed by atoms with E-state index in [2.05, 4.69) is 32.9 Å². The van der Waals surface area contributed by atoms with Gasteiger partial charge in [-0.2, -0.15) is 0 Å². The van der Waals surface area contributed by atoms with Crippen LogP contribution in [0.25, 0.3) is 0 Å². The maximum absolute atomic E-state index is 12.6. The predicted molar refractivity (Wildman–Crippen MR) is 164 cm³/mol. The number of hydrogen-bond donors (Lipinski definition) is 3. The van der Waals surface area contributed by atoms with Crippen LogP contribution in [0.15, 0.2) is 71.4 Å². The van der Waals surface area contributed by atoms with Crippen LogP contribution >= 0.6 is 0 Å². The second-order valence-electron chi connectivity index (χ2n) is 11.6. The highest BCUT2D eigenvalue weighted by Gasteiger charge is 2.23. The summed E-state index contributed by atoms with van der Waals surface area (Å²) in [4.78, 5) is 24.9. The Morgan fingerprint density at radius 3 is 2.37 bits per heavy atom. The van der Waals surface area contributed by atoms with Gasteiger partial charge < -0.3 is 24.8 Å². The van der Waals surface area contributed by atoms with Gasteiger partial charge in [-0.15, -0.1) is 0 Å². The molecule has 230 valence electrons. The second kappa shape index (κ2) is 19.4. The monoisotopic (exact) mass is 572 g/mol. The molecule has 0 unspecified atom stereocenters. The number of cyclic esters (lactones) is 1. The van der Waals surface area contributed by atoms with Crippen molar-refractivity contribution in [3.8, 4) is 0 Å². The Kier molecular flexibility index (Phi) is 17.2. The summed E-state index contributed by atoms with van der Waals surface area (Å²) in [5, 5.41) is 29.3. The van der Waals surface area contributed by atoms with Crippen LogP contribution in [0, 0.1) is 11.8 Å². The van der Waals surface area contributed by atoms with Crippen molar-refractivity contribution in [3.63, 3.8) is 0 Å². The number of carbonyl (C=O) groups excluding carboxylic acids is 2. The zero-order valence-corrected chi connectivity index (χ0v) is 26.0. The van der Waals surface area contributed by atoms with E-state index in [1.165, 1.54) is 6.08 Å². The number of hydrogen-bond acceptors (Lipinski definition) is 7. The van der Waals surface area contributed by atoms with Crippen molar-refractivity contribution in [2.75, 3.05) is 0 Å². The van der Waals surface area contributed by atoms with Crippen molar-refractivity contribution in [1.29, 1.82) is 0 Å². The molecule has 0 bridgehead atoms. The minimum absolute atomic E-state index is 0.102. The first kappa shape index (κ1) is 36.3. The smallest absolute Gasteiger partial charge is 0.331 e. The van der Waals surface area contributed by atoms with E-state index in [-0.39, 0.29) is 36.4 Å². The lowest BCUT2D eigenvalue weighted by Gasteiger charge is -2.24. The number of allylic oxidation sites excluding steroid dienone is 9. The first-order valence-electron chi connectivity index (χ1n) is 14.8. The number of aliphatic hydroxyl groups is 3. The van der Waals surface area contributed by atoms with Crippen LogP contribution in [0.3, 0.4) is 0 Å². The molecule has 0 aromatic carbocycles. The van der Waals surface area contributed by atoms with Gasteiger partial charge in [-0.3, -0.25) is 4.79 Å². The molecule has 0 fully saturated rings. The molecular formula is C34H52O7. The minimum atomic E-state index is -1.05. The standard InChI is InChI=1S/C34H52O7/c1-23(2)31-15-9-8-14-27(6)32(16-11-17-33(38)40-31)41-34(39)19-18-26(5)20-24(3)12-10-13-25(4)21-29(36)30(37)22-28(7)35/h8-10,12-13,18-21,23,27-32,35-37H,11,14-17,22H2,1-7H3/t27-,28+,29-,30-,31+,32-/m0/s1. The fourth-order valence-electron chi connectivity index (χ4n) is 4.40. The highest BCUT2D eigenvalue weighted by atomic mass is 16.5. The Morgan fingerprint density at radius 2 is 1.71 bits per heavy atom. The number of esters is 2. The van der Waals surface area contributed by atoms with E-state index in [0.29, 0.717) is 25.7 Å². The Hall–Kier alpha value is -2.74. The van der Waals surface area contributed by atoms with Crippen LogP contribution in [-0.4, -0.2) is 57.8 Å². The van der Waals surface area contributed by atoms with Gasteiger partial charge in [0.05, 0.1) is 18.3 Å². The largest absolute Gasteiger partial charge is 0.462 e. The molecule has 0 amide bonds. The normalized spacial score (nSPS) is 24.6. The van der Waals surface area contributed by atoms with Crippen molar-refractivity contribution < 1.29 is 34.4 Å². The first-order chi connectivity index (χ1) is 19.3.